The van der Waals surface area contributed by atoms with Gasteiger partial charge in [-0.3, -0.25) is 4.79 Å². The number of carbonyl (C=O) groups is 1. The molecule has 2 rings (SSSR count). The van der Waals surface area contributed by atoms with Crippen LogP contribution in [0.1, 0.15) is 30.0 Å². The van der Waals surface area contributed by atoms with Crippen LogP contribution in [0.5, 0.6) is 5.75 Å². The molecule has 0 fully saturated rings. The summed E-state index contributed by atoms with van der Waals surface area (Å²) in [6.45, 7) is 6.52. The van der Waals surface area contributed by atoms with Crippen molar-refractivity contribution in [3.05, 3.63) is 65.2 Å². The molecule has 1 amide bonds. The summed E-state index contributed by atoms with van der Waals surface area (Å²) in [4.78, 5) is 12.3. The first-order valence-electron chi connectivity index (χ1n) is 7.65. The third kappa shape index (κ3) is 4.62. The molecule has 0 aliphatic heterocycles. The molecule has 2 aromatic carbocycles. The van der Waals surface area contributed by atoms with Gasteiger partial charge in [-0.05, 0) is 43.5 Å². The number of carbonyl (C=O) groups excluding carboxylic acids is 1. The van der Waals surface area contributed by atoms with Crippen LogP contribution >= 0.6 is 0 Å². The van der Waals surface area contributed by atoms with Crippen molar-refractivity contribution < 1.29 is 9.53 Å². The maximum atomic E-state index is 12.3. The minimum Gasteiger partial charge on any atom is -0.481 e. The predicted molar refractivity (Wildman–Crippen MR) is 88.9 cm³/mol. The SMILES string of the molecule is CC[C@@H](Oc1cccc(C)c1)C(=O)NCc1cccc(C)c1. The zero-order valence-electron chi connectivity index (χ0n) is 13.4. The Hall–Kier alpha value is -2.29. The normalized spacial score (nSPS) is 11.8. The number of hydrogen-bond acceptors (Lipinski definition) is 2. The highest BCUT2D eigenvalue weighted by molar-refractivity contribution is 5.81. The van der Waals surface area contributed by atoms with Crippen LogP contribution in [0.15, 0.2) is 48.5 Å². The Morgan fingerprint density at radius 2 is 1.77 bits per heavy atom. The van der Waals surface area contributed by atoms with Crippen molar-refractivity contribution >= 4 is 5.91 Å². The molecule has 0 aromatic heterocycles. The quantitative estimate of drug-likeness (QED) is 0.881. The Balaban J connectivity index is 1.94. The number of hydrogen-bond donors (Lipinski definition) is 1. The standard InChI is InChI=1S/C19H23NO2/c1-4-18(22-17-10-6-8-15(3)12-17)19(21)20-13-16-9-5-7-14(2)11-16/h5-12,18H,4,13H2,1-3H3,(H,20,21)/t18-/m1/s1. The van der Waals surface area contributed by atoms with Gasteiger partial charge in [0.25, 0.3) is 5.91 Å². The lowest BCUT2D eigenvalue weighted by Gasteiger charge is -2.17. The van der Waals surface area contributed by atoms with E-state index >= 15 is 0 Å². The topological polar surface area (TPSA) is 38.3 Å². The van der Waals surface area contributed by atoms with Crippen LogP contribution in [-0.4, -0.2) is 12.0 Å². The average Bonchev–Trinajstić information content (AvgIpc) is 2.50. The van der Waals surface area contributed by atoms with Crippen molar-refractivity contribution in [2.45, 2.75) is 39.8 Å². The molecule has 2 aromatic rings. The van der Waals surface area contributed by atoms with Gasteiger partial charge in [0.05, 0.1) is 0 Å². The third-order valence-corrected chi connectivity index (χ3v) is 3.48. The van der Waals surface area contributed by atoms with Crippen molar-refractivity contribution in [1.82, 2.24) is 5.32 Å². The molecule has 116 valence electrons. The monoisotopic (exact) mass is 297 g/mol. The van der Waals surface area contributed by atoms with Gasteiger partial charge in [0, 0.05) is 6.54 Å². The van der Waals surface area contributed by atoms with E-state index in [-0.39, 0.29) is 5.91 Å². The van der Waals surface area contributed by atoms with Gasteiger partial charge in [-0.2, -0.15) is 0 Å². The number of nitrogens with one attached hydrogen (secondary N) is 1. The van der Waals surface area contributed by atoms with Crippen LogP contribution in [-0.2, 0) is 11.3 Å². The van der Waals surface area contributed by atoms with Crippen molar-refractivity contribution in [3.8, 4) is 5.75 Å². The van der Waals surface area contributed by atoms with E-state index in [2.05, 4.69) is 11.4 Å². The van der Waals surface area contributed by atoms with Crippen LogP contribution in [0.25, 0.3) is 0 Å². The molecular weight excluding hydrogens is 274 g/mol. The van der Waals surface area contributed by atoms with Crippen molar-refractivity contribution in [2.24, 2.45) is 0 Å². The van der Waals surface area contributed by atoms with Crippen LogP contribution in [0.3, 0.4) is 0 Å². The molecule has 0 aliphatic rings. The highest BCUT2D eigenvalue weighted by Crippen LogP contribution is 2.15. The second-order valence-corrected chi connectivity index (χ2v) is 5.54. The number of aryl methyl sites for hydroxylation is 2. The largest absolute Gasteiger partial charge is 0.481 e. The Morgan fingerprint density at radius 1 is 1.09 bits per heavy atom. The smallest absolute Gasteiger partial charge is 0.261 e. The summed E-state index contributed by atoms with van der Waals surface area (Å²) in [5.74, 6) is 0.656. The fraction of sp³-hybridized carbons (Fsp3) is 0.316. The molecule has 0 spiro atoms. The minimum atomic E-state index is -0.466. The summed E-state index contributed by atoms with van der Waals surface area (Å²) in [5, 5.41) is 2.95. The third-order valence-electron chi connectivity index (χ3n) is 3.48. The van der Waals surface area contributed by atoms with E-state index in [1.807, 2.05) is 63.2 Å². The average molecular weight is 297 g/mol. The van der Waals surface area contributed by atoms with Gasteiger partial charge in [0.2, 0.25) is 0 Å². The lowest BCUT2D eigenvalue weighted by molar-refractivity contribution is -0.128. The maximum Gasteiger partial charge on any atom is 0.261 e. The molecule has 3 heteroatoms. The molecule has 0 unspecified atom stereocenters. The van der Waals surface area contributed by atoms with Gasteiger partial charge < -0.3 is 10.1 Å². The highest BCUT2D eigenvalue weighted by Gasteiger charge is 2.18. The molecule has 0 heterocycles. The summed E-state index contributed by atoms with van der Waals surface area (Å²) in [7, 11) is 0. The predicted octanol–water partition coefficient (Wildman–Crippen LogP) is 3.78. The molecule has 0 radical (unpaired) electrons. The fourth-order valence-corrected chi connectivity index (χ4v) is 2.30. The first kappa shape index (κ1) is 16.1. The zero-order valence-corrected chi connectivity index (χ0v) is 13.4. The second-order valence-electron chi connectivity index (χ2n) is 5.54. The zero-order chi connectivity index (χ0) is 15.9. The Labute approximate surface area is 132 Å². The van der Waals surface area contributed by atoms with Gasteiger partial charge in [0.15, 0.2) is 6.10 Å². The highest BCUT2D eigenvalue weighted by atomic mass is 16.5. The van der Waals surface area contributed by atoms with E-state index in [9.17, 15) is 4.79 Å². The molecule has 1 N–H and O–H groups in total. The van der Waals surface area contributed by atoms with Gasteiger partial charge in [-0.1, -0.05) is 48.9 Å². The number of benzene rings is 2. The fourth-order valence-electron chi connectivity index (χ4n) is 2.30. The molecule has 1 atom stereocenters. The van der Waals surface area contributed by atoms with Crippen LogP contribution in [0, 0.1) is 13.8 Å². The van der Waals surface area contributed by atoms with Crippen molar-refractivity contribution in [1.29, 1.82) is 0 Å². The lowest BCUT2D eigenvalue weighted by Crippen LogP contribution is -2.37. The van der Waals surface area contributed by atoms with E-state index in [0.29, 0.717) is 13.0 Å². The first-order valence-corrected chi connectivity index (χ1v) is 7.65. The van der Waals surface area contributed by atoms with Crippen molar-refractivity contribution in [2.75, 3.05) is 0 Å². The summed E-state index contributed by atoms with van der Waals surface area (Å²) >= 11 is 0. The van der Waals surface area contributed by atoms with Crippen LogP contribution < -0.4 is 10.1 Å². The van der Waals surface area contributed by atoms with E-state index in [1.54, 1.807) is 0 Å². The molecular formula is C19H23NO2. The van der Waals surface area contributed by atoms with E-state index in [1.165, 1.54) is 5.56 Å². The summed E-state index contributed by atoms with van der Waals surface area (Å²) in [5.41, 5.74) is 3.40. The maximum absolute atomic E-state index is 12.3. The molecule has 3 nitrogen and oxygen atoms in total. The number of amides is 1. The minimum absolute atomic E-state index is 0.0782. The number of ether oxygens (including phenoxy) is 1. The molecule has 0 saturated carbocycles. The van der Waals surface area contributed by atoms with Crippen molar-refractivity contribution in [3.63, 3.8) is 0 Å². The molecule has 0 aliphatic carbocycles. The lowest BCUT2D eigenvalue weighted by atomic mass is 10.1. The van der Waals surface area contributed by atoms with Gasteiger partial charge in [-0.25, -0.2) is 0 Å². The molecule has 22 heavy (non-hydrogen) atoms. The Morgan fingerprint density at radius 3 is 2.41 bits per heavy atom. The Bertz CT molecular complexity index is 637. The van der Waals surface area contributed by atoms with E-state index < -0.39 is 6.10 Å². The summed E-state index contributed by atoms with van der Waals surface area (Å²) < 4.78 is 5.81. The van der Waals surface area contributed by atoms with Gasteiger partial charge >= 0.3 is 0 Å². The Kier molecular flexibility index (Phi) is 5.59. The summed E-state index contributed by atoms with van der Waals surface area (Å²) in [6, 6.07) is 15.9. The molecule has 0 saturated heterocycles. The number of rotatable bonds is 6. The van der Waals surface area contributed by atoms with Crippen LogP contribution in [0.4, 0.5) is 0 Å². The first-order chi connectivity index (χ1) is 10.6. The van der Waals surface area contributed by atoms with Crippen LogP contribution in [0.2, 0.25) is 0 Å². The second kappa shape index (κ2) is 7.64. The molecule has 0 bridgehead atoms. The summed E-state index contributed by atoms with van der Waals surface area (Å²) in [6.07, 6.45) is 0.166. The van der Waals surface area contributed by atoms with E-state index in [0.717, 1.165) is 16.9 Å². The van der Waals surface area contributed by atoms with Gasteiger partial charge in [-0.15, -0.1) is 0 Å². The van der Waals surface area contributed by atoms with Gasteiger partial charge in [0.1, 0.15) is 5.75 Å². The van der Waals surface area contributed by atoms with E-state index in [4.69, 9.17) is 4.74 Å².